The van der Waals surface area contributed by atoms with Crippen molar-refractivity contribution in [2.45, 2.75) is 19.3 Å². The van der Waals surface area contributed by atoms with Crippen LogP contribution in [0.25, 0.3) is 0 Å². The molecule has 1 aliphatic heterocycles. The number of nitrogens with zero attached hydrogens (tertiary/aromatic N) is 1. The van der Waals surface area contributed by atoms with Crippen molar-refractivity contribution in [3.63, 3.8) is 0 Å². The summed E-state index contributed by atoms with van der Waals surface area (Å²) in [6.45, 7) is 1.33. The fourth-order valence-corrected chi connectivity index (χ4v) is 2.62. The lowest BCUT2D eigenvalue weighted by molar-refractivity contribution is -0.121. The summed E-state index contributed by atoms with van der Waals surface area (Å²) in [5.41, 5.74) is 0.634. The van der Waals surface area contributed by atoms with Crippen molar-refractivity contribution in [2.75, 3.05) is 13.2 Å². The van der Waals surface area contributed by atoms with Gasteiger partial charge in [-0.1, -0.05) is 11.6 Å². The van der Waals surface area contributed by atoms with E-state index in [9.17, 15) is 4.79 Å². The van der Waals surface area contributed by atoms with Crippen LogP contribution in [0.1, 0.15) is 18.5 Å². The molecule has 0 radical (unpaired) electrons. The van der Waals surface area contributed by atoms with Gasteiger partial charge in [-0.25, -0.2) is 4.98 Å². The molecule has 82 valence electrons. The number of carbonyl (C=O) groups excluding carboxylic acids is 1. The molecule has 0 unspecified atom stereocenters. The summed E-state index contributed by atoms with van der Waals surface area (Å²) in [5, 5.41) is 1.92. The summed E-state index contributed by atoms with van der Waals surface area (Å²) < 4.78 is 5.81. The van der Waals surface area contributed by atoms with E-state index in [1.54, 1.807) is 0 Å². The molecule has 0 saturated carbocycles. The molecule has 0 N–H and O–H groups in total. The first kappa shape index (κ1) is 11.0. The molecule has 0 bridgehead atoms. The Morgan fingerprint density at radius 2 is 2.33 bits per heavy atom. The monoisotopic (exact) mass is 245 g/mol. The number of thiazole rings is 1. The second kappa shape index (κ2) is 4.60. The number of rotatable bonds is 3. The van der Waals surface area contributed by atoms with Gasteiger partial charge in [0.2, 0.25) is 0 Å². The zero-order chi connectivity index (χ0) is 10.7. The molecule has 1 aromatic rings. The lowest BCUT2D eigenvalue weighted by atomic mass is 9.78. The molecule has 1 saturated heterocycles. The number of halogens is 1. The van der Waals surface area contributed by atoms with Gasteiger partial charge in [-0.15, -0.1) is 11.3 Å². The molecular formula is C10H12ClNO2S. The fraction of sp³-hybridized carbons (Fsp3) is 0.600. The molecule has 2 rings (SSSR count). The van der Waals surface area contributed by atoms with Crippen molar-refractivity contribution < 1.29 is 9.53 Å². The Hall–Kier alpha value is -0.450. The highest BCUT2D eigenvalue weighted by Gasteiger charge is 2.33. The van der Waals surface area contributed by atoms with Gasteiger partial charge in [0.15, 0.2) is 4.47 Å². The van der Waals surface area contributed by atoms with E-state index in [0.717, 1.165) is 24.8 Å². The third-order valence-electron chi connectivity index (χ3n) is 2.80. The Kier molecular flexibility index (Phi) is 3.38. The molecule has 1 aromatic heterocycles. The number of ether oxygens (including phenoxy) is 1. The van der Waals surface area contributed by atoms with Crippen LogP contribution >= 0.6 is 22.9 Å². The highest BCUT2D eigenvalue weighted by Crippen LogP contribution is 2.32. The van der Waals surface area contributed by atoms with Crippen LogP contribution in [0.3, 0.4) is 0 Å². The zero-order valence-electron chi connectivity index (χ0n) is 8.24. The van der Waals surface area contributed by atoms with E-state index >= 15 is 0 Å². The van der Waals surface area contributed by atoms with E-state index in [2.05, 4.69) is 4.98 Å². The van der Waals surface area contributed by atoms with Crippen molar-refractivity contribution in [1.82, 2.24) is 4.98 Å². The Bertz CT molecular complexity index is 347. The van der Waals surface area contributed by atoms with E-state index in [0.29, 0.717) is 24.1 Å². The molecular weight excluding hydrogens is 234 g/mol. The highest BCUT2D eigenvalue weighted by molar-refractivity contribution is 7.13. The van der Waals surface area contributed by atoms with E-state index in [-0.39, 0.29) is 5.41 Å². The van der Waals surface area contributed by atoms with Gasteiger partial charge in [-0.3, -0.25) is 0 Å². The van der Waals surface area contributed by atoms with Crippen LogP contribution in [0.2, 0.25) is 4.47 Å². The van der Waals surface area contributed by atoms with Gasteiger partial charge in [0.1, 0.15) is 6.29 Å². The van der Waals surface area contributed by atoms with Gasteiger partial charge in [0.25, 0.3) is 0 Å². The molecule has 0 aromatic carbocycles. The van der Waals surface area contributed by atoms with Crippen molar-refractivity contribution >= 4 is 29.2 Å². The minimum absolute atomic E-state index is 0.282. The van der Waals surface area contributed by atoms with Gasteiger partial charge in [0, 0.05) is 30.4 Å². The third-order valence-corrected chi connectivity index (χ3v) is 3.82. The molecule has 1 aliphatic rings. The second-order valence-corrected chi connectivity index (χ2v) is 5.30. The predicted octanol–water partition coefficient (Wildman–Crippen LogP) is 2.33. The van der Waals surface area contributed by atoms with Crippen LogP contribution in [0.4, 0.5) is 0 Å². The summed E-state index contributed by atoms with van der Waals surface area (Å²) in [5.74, 6) is 0. The Morgan fingerprint density at radius 3 is 2.87 bits per heavy atom. The Labute approximate surface area is 97.4 Å². The molecule has 1 fully saturated rings. The minimum atomic E-state index is -0.282. The molecule has 3 nitrogen and oxygen atoms in total. The van der Waals surface area contributed by atoms with Crippen molar-refractivity contribution in [1.29, 1.82) is 0 Å². The zero-order valence-corrected chi connectivity index (χ0v) is 9.81. The normalized spacial score (nSPS) is 20.1. The van der Waals surface area contributed by atoms with E-state index in [1.165, 1.54) is 11.3 Å². The molecule has 2 heterocycles. The molecule has 0 atom stereocenters. The predicted molar refractivity (Wildman–Crippen MR) is 59.4 cm³/mol. The lowest BCUT2D eigenvalue weighted by Gasteiger charge is -2.31. The molecule has 0 amide bonds. The van der Waals surface area contributed by atoms with Gasteiger partial charge < -0.3 is 9.53 Å². The second-order valence-electron chi connectivity index (χ2n) is 3.86. The topological polar surface area (TPSA) is 39.2 Å². The van der Waals surface area contributed by atoms with Crippen LogP contribution in [0.5, 0.6) is 0 Å². The summed E-state index contributed by atoms with van der Waals surface area (Å²) in [7, 11) is 0. The van der Waals surface area contributed by atoms with Crippen LogP contribution < -0.4 is 0 Å². The summed E-state index contributed by atoms with van der Waals surface area (Å²) >= 11 is 7.17. The quantitative estimate of drug-likeness (QED) is 0.768. The number of hydrogen-bond donors (Lipinski definition) is 0. The maximum Gasteiger partial charge on any atom is 0.183 e. The van der Waals surface area contributed by atoms with Gasteiger partial charge >= 0.3 is 0 Å². The summed E-state index contributed by atoms with van der Waals surface area (Å²) in [6, 6.07) is 0. The first-order chi connectivity index (χ1) is 7.24. The van der Waals surface area contributed by atoms with Gasteiger partial charge in [-0.05, 0) is 12.8 Å². The molecule has 5 heteroatoms. The van der Waals surface area contributed by atoms with Crippen molar-refractivity contribution in [3.05, 3.63) is 15.5 Å². The van der Waals surface area contributed by atoms with Crippen LogP contribution in [0, 0.1) is 5.41 Å². The number of carbonyl (C=O) groups is 1. The van der Waals surface area contributed by atoms with Gasteiger partial charge in [0.05, 0.1) is 5.69 Å². The van der Waals surface area contributed by atoms with Crippen molar-refractivity contribution in [3.8, 4) is 0 Å². The minimum Gasteiger partial charge on any atom is -0.381 e. The van der Waals surface area contributed by atoms with Crippen LogP contribution in [-0.2, 0) is 16.0 Å². The van der Waals surface area contributed by atoms with E-state index < -0.39 is 0 Å². The standard InChI is InChI=1S/C10H12ClNO2S/c11-9-12-8(6-15-9)5-10(7-13)1-3-14-4-2-10/h6-7H,1-5H2. The SMILES string of the molecule is O=CC1(Cc2csc(Cl)n2)CCOCC1. The maximum absolute atomic E-state index is 11.2. The summed E-state index contributed by atoms with van der Waals surface area (Å²) in [4.78, 5) is 15.4. The smallest absolute Gasteiger partial charge is 0.183 e. The van der Waals surface area contributed by atoms with Crippen molar-refractivity contribution in [2.24, 2.45) is 5.41 Å². The molecule has 0 aliphatic carbocycles. The Morgan fingerprint density at radius 1 is 1.60 bits per heavy atom. The third kappa shape index (κ3) is 2.56. The van der Waals surface area contributed by atoms with Gasteiger partial charge in [-0.2, -0.15) is 0 Å². The highest BCUT2D eigenvalue weighted by atomic mass is 35.5. The van der Waals surface area contributed by atoms with E-state index in [1.807, 2.05) is 5.38 Å². The average molecular weight is 246 g/mol. The van der Waals surface area contributed by atoms with Crippen LogP contribution in [0.15, 0.2) is 5.38 Å². The van der Waals surface area contributed by atoms with Crippen LogP contribution in [-0.4, -0.2) is 24.5 Å². The first-order valence-corrected chi connectivity index (χ1v) is 6.14. The average Bonchev–Trinajstić information content (AvgIpc) is 2.65. The largest absolute Gasteiger partial charge is 0.381 e. The first-order valence-electron chi connectivity index (χ1n) is 4.88. The number of aromatic nitrogens is 1. The molecule has 15 heavy (non-hydrogen) atoms. The van der Waals surface area contributed by atoms with E-state index in [4.69, 9.17) is 16.3 Å². The maximum atomic E-state index is 11.2. The molecule has 0 spiro atoms. The number of aldehydes is 1. The number of hydrogen-bond acceptors (Lipinski definition) is 4. The lowest BCUT2D eigenvalue weighted by Crippen LogP contribution is -2.33. The fourth-order valence-electron chi connectivity index (χ4n) is 1.84. The summed E-state index contributed by atoms with van der Waals surface area (Å²) in [6.07, 6.45) is 3.31. The Balaban J connectivity index is 2.10.